The average molecular weight is 413 g/mol. The summed E-state index contributed by atoms with van der Waals surface area (Å²) < 4.78 is 11.1. The van der Waals surface area contributed by atoms with E-state index in [1.54, 1.807) is 6.92 Å². The highest BCUT2D eigenvalue weighted by Gasteiger charge is 2.45. The Morgan fingerprint density at radius 2 is 1.80 bits per heavy atom. The highest BCUT2D eigenvalue weighted by atomic mass is 16.5. The minimum atomic E-state index is -0.581. The standard InChI is InChI=1S/C24H32N2O4/c1-6-26(7-2)16-11-9-15(10-12-16)19-20-17(27)13-24(4,5)14-18(20)30-22(25)21(19)23(28)29-8-3/h9-12,19H,6-8,13-14,25H2,1-5H3/t19-/m1/s1. The molecule has 1 aliphatic heterocycles. The predicted octanol–water partition coefficient (Wildman–Crippen LogP) is 4.02. The maximum absolute atomic E-state index is 13.2. The second kappa shape index (κ2) is 8.54. The van der Waals surface area contributed by atoms with E-state index >= 15 is 0 Å². The van der Waals surface area contributed by atoms with Crippen molar-refractivity contribution in [1.82, 2.24) is 0 Å². The predicted molar refractivity (Wildman–Crippen MR) is 117 cm³/mol. The zero-order valence-corrected chi connectivity index (χ0v) is 18.6. The van der Waals surface area contributed by atoms with Gasteiger partial charge in [-0.05, 0) is 43.9 Å². The van der Waals surface area contributed by atoms with Gasteiger partial charge < -0.3 is 20.1 Å². The Kier molecular flexibility index (Phi) is 6.25. The summed E-state index contributed by atoms with van der Waals surface area (Å²) in [5, 5.41) is 0. The van der Waals surface area contributed by atoms with Crippen LogP contribution in [-0.4, -0.2) is 31.4 Å². The van der Waals surface area contributed by atoms with Gasteiger partial charge >= 0.3 is 5.97 Å². The molecule has 162 valence electrons. The van der Waals surface area contributed by atoms with Crippen molar-refractivity contribution >= 4 is 17.4 Å². The molecule has 1 aromatic rings. The van der Waals surface area contributed by atoms with Crippen LogP contribution in [0.3, 0.4) is 0 Å². The summed E-state index contributed by atoms with van der Waals surface area (Å²) >= 11 is 0. The van der Waals surface area contributed by atoms with Gasteiger partial charge in [-0.1, -0.05) is 26.0 Å². The SMILES string of the molecule is CCOC(=O)C1=C(N)OC2=C(C(=O)CC(C)(C)C2)[C@H]1c1ccc(N(CC)CC)cc1. The second-order valence-electron chi connectivity index (χ2n) is 8.58. The van der Waals surface area contributed by atoms with Gasteiger partial charge in [0.15, 0.2) is 5.78 Å². The molecule has 0 spiro atoms. The third kappa shape index (κ3) is 4.09. The lowest BCUT2D eigenvalue weighted by molar-refractivity contribution is -0.139. The van der Waals surface area contributed by atoms with Gasteiger partial charge in [-0.25, -0.2) is 4.79 Å². The van der Waals surface area contributed by atoms with Crippen molar-refractivity contribution in [2.75, 3.05) is 24.6 Å². The molecule has 6 nitrogen and oxygen atoms in total. The van der Waals surface area contributed by atoms with E-state index in [9.17, 15) is 9.59 Å². The smallest absolute Gasteiger partial charge is 0.340 e. The van der Waals surface area contributed by atoms with Crippen LogP contribution in [0, 0.1) is 5.41 Å². The number of rotatable bonds is 6. The maximum Gasteiger partial charge on any atom is 0.340 e. The van der Waals surface area contributed by atoms with Crippen LogP contribution >= 0.6 is 0 Å². The molecule has 0 unspecified atom stereocenters. The number of hydrogen-bond acceptors (Lipinski definition) is 6. The Morgan fingerprint density at radius 1 is 1.17 bits per heavy atom. The van der Waals surface area contributed by atoms with Crippen molar-refractivity contribution in [3.05, 3.63) is 52.6 Å². The van der Waals surface area contributed by atoms with Crippen LogP contribution in [-0.2, 0) is 19.1 Å². The van der Waals surface area contributed by atoms with Crippen molar-refractivity contribution < 1.29 is 19.1 Å². The van der Waals surface area contributed by atoms with Gasteiger partial charge in [-0.3, -0.25) is 4.79 Å². The summed E-state index contributed by atoms with van der Waals surface area (Å²) in [6, 6.07) is 7.98. The second-order valence-corrected chi connectivity index (χ2v) is 8.58. The number of nitrogens with zero attached hydrogens (tertiary/aromatic N) is 1. The Bertz CT molecular complexity index is 892. The summed E-state index contributed by atoms with van der Waals surface area (Å²) in [6.45, 7) is 12.0. The first-order chi connectivity index (χ1) is 14.2. The Balaban J connectivity index is 2.11. The van der Waals surface area contributed by atoms with E-state index in [1.807, 2.05) is 38.1 Å². The largest absolute Gasteiger partial charge is 0.462 e. The van der Waals surface area contributed by atoms with Gasteiger partial charge in [0.2, 0.25) is 5.88 Å². The molecular weight excluding hydrogens is 380 g/mol. The molecule has 0 saturated carbocycles. The summed E-state index contributed by atoms with van der Waals surface area (Å²) in [4.78, 5) is 28.2. The summed E-state index contributed by atoms with van der Waals surface area (Å²) in [6.07, 6.45) is 0.998. The monoisotopic (exact) mass is 412 g/mol. The van der Waals surface area contributed by atoms with Gasteiger partial charge in [0, 0.05) is 37.2 Å². The first-order valence-electron chi connectivity index (χ1n) is 10.7. The van der Waals surface area contributed by atoms with Crippen LogP contribution in [0.5, 0.6) is 0 Å². The fourth-order valence-corrected chi connectivity index (χ4v) is 4.39. The van der Waals surface area contributed by atoms with Gasteiger partial charge in [0.1, 0.15) is 11.3 Å². The van der Waals surface area contributed by atoms with E-state index < -0.39 is 11.9 Å². The van der Waals surface area contributed by atoms with E-state index in [-0.39, 0.29) is 29.3 Å². The lowest BCUT2D eigenvalue weighted by Gasteiger charge is -2.38. The third-order valence-corrected chi connectivity index (χ3v) is 5.81. The molecule has 1 aromatic carbocycles. The maximum atomic E-state index is 13.2. The zero-order valence-electron chi connectivity index (χ0n) is 18.6. The molecule has 1 aliphatic carbocycles. The lowest BCUT2D eigenvalue weighted by atomic mass is 9.70. The van der Waals surface area contributed by atoms with Gasteiger partial charge in [0.25, 0.3) is 0 Å². The molecule has 0 amide bonds. The van der Waals surface area contributed by atoms with Crippen molar-refractivity contribution in [3.8, 4) is 0 Å². The van der Waals surface area contributed by atoms with Gasteiger partial charge in [-0.15, -0.1) is 0 Å². The van der Waals surface area contributed by atoms with E-state index in [0.717, 1.165) is 24.3 Å². The van der Waals surface area contributed by atoms with Gasteiger partial charge in [-0.2, -0.15) is 0 Å². The van der Waals surface area contributed by atoms with E-state index in [0.29, 0.717) is 24.2 Å². The average Bonchev–Trinajstić information content (AvgIpc) is 2.67. The minimum absolute atomic E-state index is 0.00614. The summed E-state index contributed by atoms with van der Waals surface area (Å²) in [5.41, 5.74) is 8.65. The van der Waals surface area contributed by atoms with Crippen LogP contribution in [0.2, 0.25) is 0 Å². The number of allylic oxidation sites excluding steroid dienone is 2. The molecule has 0 saturated heterocycles. The molecule has 6 heteroatoms. The number of hydrogen-bond donors (Lipinski definition) is 1. The van der Waals surface area contributed by atoms with Crippen molar-refractivity contribution in [1.29, 1.82) is 0 Å². The minimum Gasteiger partial charge on any atom is -0.462 e. The van der Waals surface area contributed by atoms with E-state index in [4.69, 9.17) is 15.2 Å². The number of ether oxygens (including phenoxy) is 2. The first-order valence-corrected chi connectivity index (χ1v) is 10.7. The van der Waals surface area contributed by atoms with Gasteiger partial charge in [0.05, 0.1) is 12.5 Å². The summed E-state index contributed by atoms with van der Waals surface area (Å²) in [7, 11) is 0. The number of anilines is 1. The molecule has 2 aliphatic rings. The first kappa shape index (κ1) is 21.9. The highest BCUT2D eigenvalue weighted by Crippen LogP contribution is 2.48. The lowest BCUT2D eigenvalue weighted by Crippen LogP contribution is -2.35. The molecule has 0 fully saturated rings. The molecule has 0 radical (unpaired) electrons. The van der Waals surface area contributed by atoms with Crippen LogP contribution in [0.25, 0.3) is 0 Å². The molecule has 2 N–H and O–H groups in total. The summed E-state index contributed by atoms with van der Waals surface area (Å²) in [5.74, 6) is -0.539. The third-order valence-electron chi connectivity index (χ3n) is 5.81. The molecule has 1 heterocycles. The molecule has 30 heavy (non-hydrogen) atoms. The van der Waals surface area contributed by atoms with Crippen molar-refractivity contribution in [2.24, 2.45) is 11.1 Å². The molecule has 0 bridgehead atoms. The van der Waals surface area contributed by atoms with E-state index in [1.165, 1.54) is 0 Å². The number of carbonyl (C=O) groups excluding carboxylic acids is 2. The number of carbonyl (C=O) groups is 2. The number of Topliss-reactive ketones (excluding diaryl/α,β-unsaturated/α-hetero) is 1. The molecule has 1 atom stereocenters. The Hall–Kier alpha value is -2.76. The van der Waals surface area contributed by atoms with Crippen molar-refractivity contribution in [2.45, 2.75) is 53.4 Å². The zero-order chi connectivity index (χ0) is 22.1. The Labute approximate surface area is 178 Å². The number of nitrogens with two attached hydrogens (primary N) is 1. The van der Waals surface area contributed by atoms with Crippen LogP contribution < -0.4 is 10.6 Å². The Morgan fingerprint density at radius 3 is 2.37 bits per heavy atom. The molecule has 3 rings (SSSR count). The fraction of sp³-hybridized carbons (Fsp3) is 0.500. The number of benzene rings is 1. The number of esters is 1. The quantitative estimate of drug-likeness (QED) is 0.711. The topological polar surface area (TPSA) is 81.9 Å². The number of ketones is 1. The highest BCUT2D eigenvalue weighted by molar-refractivity contribution is 6.03. The molecule has 0 aromatic heterocycles. The van der Waals surface area contributed by atoms with Crippen molar-refractivity contribution in [3.63, 3.8) is 0 Å². The molecular formula is C24H32N2O4. The normalized spacial score (nSPS) is 20.6. The van der Waals surface area contributed by atoms with Crippen LogP contribution in [0.1, 0.15) is 58.9 Å². The van der Waals surface area contributed by atoms with E-state index in [2.05, 4.69) is 18.7 Å². The van der Waals surface area contributed by atoms with Crippen LogP contribution in [0.4, 0.5) is 5.69 Å². The van der Waals surface area contributed by atoms with Crippen LogP contribution in [0.15, 0.2) is 47.1 Å². The fourth-order valence-electron chi connectivity index (χ4n) is 4.39.